The topological polar surface area (TPSA) is 86.2 Å². The molecule has 1 saturated heterocycles. The molecule has 8 heteroatoms. The number of aliphatic hydroxyl groups excluding tert-OH is 1. The van der Waals surface area contributed by atoms with Crippen LogP contribution in [0, 0.1) is 5.92 Å². The predicted molar refractivity (Wildman–Crippen MR) is 129 cm³/mol. The van der Waals surface area contributed by atoms with Gasteiger partial charge in [-0.3, -0.25) is 9.79 Å². The van der Waals surface area contributed by atoms with Crippen LogP contribution in [0.1, 0.15) is 50.7 Å². The highest BCUT2D eigenvalue weighted by molar-refractivity contribution is 14.0. The highest BCUT2D eigenvalue weighted by Gasteiger charge is 2.32. The molecule has 0 bridgehead atoms. The quantitative estimate of drug-likeness (QED) is 0.287. The number of amides is 1. The highest BCUT2D eigenvalue weighted by Crippen LogP contribution is 2.27. The number of nitrogens with zero attached hydrogens (tertiary/aromatic N) is 2. The van der Waals surface area contributed by atoms with Gasteiger partial charge in [-0.1, -0.05) is 25.0 Å². The minimum absolute atomic E-state index is 0. The molecule has 0 spiro atoms. The Kier molecular flexibility index (Phi) is 10.2. The second kappa shape index (κ2) is 12.3. The second-order valence-corrected chi connectivity index (χ2v) is 7.90. The molecule has 2 atom stereocenters. The van der Waals surface area contributed by atoms with Crippen LogP contribution in [0.4, 0.5) is 0 Å². The van der Waals surface area contributed by atoms with Gasteiger partial charge in [0, 0.05) is 31.6 Å². The van der Waals surface area contributed by atoms with E-state index in [1.54, 1.807) is 7.11 Å². The Bertz CT molecular complexity index is 692. The standard InChI is InChI=1S/C22H34N4O3.HI/c1-3-23-22(24-14-20(27)16-8-10-19(29-2)11-9-16)25-18-12-13-26(15-18)21(28)17-6-4-5-7-17;/h8-11,17-18,20,27H,3-7,12-15H2,1-2H3,(H2,23,24,25);1H. The molecule has 0 radical (unpaired) electrons. The van der Waals surface area contributed by atoms with Crippen LogP contribution in [0.3, 0.4) is 0 Å². The van der Waals surface area contributed by atoms with Gasteiger partial charge in [0.2, 0.25) is 5.91 Å². The normalized spacial score (nSPS) is 20.6. The summed E-state index contributed by atoms with van der Waals surface area (Å²) in [4.78, 5) is 19.2. The summed E-state index contributed by atoms with van der Waals surface area (Å²) in [7, 11) is 1.62. The molecule has 1 amide bonds. The lowest BCUT2D eigenvalue weighted by molar-refractivity contribution is -0.134. The summed E-state index contributed by atoms with van der Waals surface area (Å²) in [6.45, 7) is 4.55. The predicted octanol–water partition coefficient (Wildman–Crippen LogP) is 2.69. The van der Waals surface area contributed by atoms with Gasteiger partial charge >= 0.3 is 0 Å². The van der Waals surface area contributed by atoms with Crippen LogP contribution in [-0.2, 0) is 4.79 Å². The van der Waals surface area contributed by atoms with Gasteiger partial charge in [-0.25, -0.2) is 0 Å². The summed E-state index contributed by atoms with van der Waals surface area (Å²) in [5.41, 5.74) is 0.805. The van der Waals surface area contributed by atoms with Gasteiger partial charge in [0.1, 0.15) is 5.75 Å². The molecular weight excluding hydrogens is 495 g/mol. The number of methoxy groups -OCH3 is 1. The molecule has 2 unspecified atom stereocenters. The van der Waals surface area contributed by atoms with E-state index in [1.807, 2.05) is 36.1 Å². The van der Waals surface area contributed by atoms with Crippen molar-refractivity contribution in [1.29, 1.82) is 0 Å². The lowest BCUT2D eigenvalue weighted by atomic mass is 10.1. The molecule has 1 saturated carbocycles. The van der Waals surface area contributed by atoms with Crippen LogP contribution in [0.2, 0.25) is 0 Å². The van der Waals surface area contributed by atoms with Crippen LogP contribution < -0.4 is 15.4 Å². The fraction of sp³-hybridized carbons (Fsp3) is 0.636. The number of carbonyl (C=O) groups excluding carboxylic acids is 1. The van der Waals surface area contributed by atoms with Crippen molar-refractivity contribution >= 4 is 35.8 Å². The van der Waals surface area contributed by atoms with E-state index < -0.39 is 6.10 Å². The molecule has 2 fully saturated rings. The molecule has 1 heterocycles. The number of carbonyl (C=O) groups is 1. The summed E-state index contributed by atoms with van der Waals surface area (Å²) in [5.74, 6) is 2.00. The molecule has 1 aromatic carbocycles. The Morgan fingerprint density at radius 1 is 1.27 bits per heavy atom. The number of nitrogens with one attached hydrogen (secondary N) is 2. The van der Waals surface area contributed by atoms with Gasteiger partial charge in [-0.2, -0.15) is 0 Å². The van der Waals surface area contributed by atoms with Crippen molar-refractivity contribution in [3.05, 3.63) is 29.8 Å². The summed E-state index contributed by atoms with van der Waals surface area (Å²) in [5, 5.41) is 17.1. The summed E-state index contributed by atoms with van der Waals surface area (Å²) < 4.78 is 5.15. The van der Waals surface area contributed by atoms with Gasteiger partial charge in [-0.15, -0.1) is 24.0 Å². The number of benzene rings is 1. The van der Waals surface area contributed by atoms with Crippen LogP contribution in [0.5, 0.6) is 5.75 Å². The molecule has 1 aromatic rings. The van der Waals surface area contributed by atoms with E-state index in [9.17, 15) is 9.90 Å². The monoisotopic (exact) mass is 530 g/mol. The highest BCUT2D eigenvalue weighted by atomic mass is 127. The minimum Gasteiger partial charge on any atom is -0.497 e. The van der Waals surface area contributed by atoms with Crippen molar-refractivity contribution in [2.24, 2.45) is 10.9 Å². The Hall–Kier alpha value is -1.55. The maximum absolute atomic E-state index is 12.6. The van der Waals surface area contributed by atoms with Crippen molar-refractivity contribution in [3.8, 4) is 5.75 Å². The Morgan fingerprint density at radius 3 is 2.60 bits per heavy atom. The van der Waals surface area contributed by atoms with E-state index in [2.05, 4.69) is 15.6 Å². The zero-order valence-corrected chi connectivity index (χ0v) is 20.3. The van der Waals surface area contributed by atoms with Crippen molar-refractivity contribution in [2.75, 3.05) is 33.3 Å². The molecule has 1 aliphatic heterocycles. The number of aliphatic imine (C=N–C) groups is 1. The molecule has 3 N–H and O–H groups in total. The molecular formula is C22H35IN4O3. The number of likely N-dealkylation sites (tertiary alicyclic amines) is 1. The number of rotatable bonds is 7. The zero-order chi connectivity index (χ0) is 20.6. The van der Waals surface area contributed by atoms with Crippen molar-refractivity contribution in [2.45, 2.75) is 51.2 Å². The number of halogens is 1. The molecule has 7 nitrogen and oxygen atoms in total. The zero-order valence-electron chi connectivity index (χ0n) is 18.0. The maximum atomic E-state index is 12.6. The van der Waals surface area contributed by atoms with E-state index in [-0.39, 0.29) is 42.5 Å². The van der Waals surface area contributed by atoms with E-state index in [0.717, 1.165) is 50.2 Å². The van der Waals surface area contributed by atoms with Crippen LogP contribution in [-0.4, -0.2) is 61.2 Å². The lowest BCUT2D eigenvalue weighted by Crippen LogP contribution is -2.45. The first-order valence-corrected chi connectivity index (χ1v) is 10.8. The fourth-order valence-electron chi connectivity index (χ4n) is 4.13. The number of ether oxygens (including phenoxy) is 1. The lowest BCUT2D eigenvalue weighted by Gasteiger charge is -2.21. The number of aliphatic hydroxyl groups is 1. The van der Waals surface area contributed by atoms with Crippen molar-refractivity contribution in [3.63, 3.8) is 0 Å². The fourth-order valence-corrected chi connectivity index (χ4v) is 4.13. The van der Waals surface area contributed by atoms with E-state index in [4.69, 9.17) is 4.74 Å². The van der Waals surface area contributed by atoms with E-state index >= 15 is 0 Å². The SMILES string of the molecule is CCNC(=NCC(O)c1ccc(OC)cc1)NC1CCN(C(=O)C2CCCC2)C1.I. The first kappa shape index (κ1) is 24.7. The molecule has 1 aliphatic carbocycles. The third-order valence-corrected chi connectivity index (χ3v) is 5.81. The van der Waals surface area contributed by atoms with Gasteiger partial charge in [0.25, 0.3) is 0 Å². The maximum Gasteiger partial charge on any atom is 0.225 e. The minimum atomic E-state index is -0.680. The van der Waals surface area contributed by atoms with E-state index in [1.165, 1.54) is 12.8 Å². The van der Waals surface area contributed by atoms with Crippen molar-refractivity contribution < 1.29 is 14.6 Å². The summed E-state index contributed by atoms with van der Waals surface area (Å²) in [6, 6.07) is 7.56. The van der Waals surface area contributed by atoms with Crippen LogP contribution in [0.15, 0.2) is 29.3 Å². The average Bonchev–Trinajstić information content (AvgIpc) is 3.44. The Balaban J connectivity index is 0.00000320. The smallest absolute Gasteiger partial charge is 0.225 e. The van der Waals surface area contributed by atoms with Crippen LogP contribution >= 0.6 is 24.0 Å². The molecule has 0 aromatic heterocycles. The van der Waals surface area contributed by atoms with Gasteiger partial charge in [0.05, 0.1) is 19.8 Å². The van der Waals surface area contributed by atoms with Crippen LogP contribution in [0.25, 0.3) is 0 Å². The Morgan fingerprint density at radius 2 is 1.97 bits per heavy atom. The molecule has 3 rings (SSSR count). The molecule has 2 aliphatic rings. The first-order chi connectivity index (χ1) is 14.1. The molecule has 168 valence electrons. The van der Waals surface area contributed by atoms with Gasteiger partial charge in [0.15, 0.2) is 5.96 Å². The summed E-state index contributed by atoms with van der Waals surface area (Å²) in [6.07, 6.45) is 4.69. The number of guanidine groups is 1. The second-order valence-electron chi connectivity index (χ2n) is 7.90. The largest absolute Gasteiger partial charge is 0.497 e. The van der Waals surface area contributed by atoms with Gasteiger partial charge < -0.3 is 25.4 Å². The summed E-state index contributed by atoms with van der Waals surface area (Å²) >= 11 is 0. The first-order valence-electron chi connectivity index (χ1n) is 10.8. The van der Waals surface area contributed by atoms with E-state index in [0.29, 0.717) is 11.9 Å². The number of hydrogen-bond acceptors (Lipinski definition) is 4. The number of hydrogen-bond donors (Lipinski definition) is 3. The third-order valence-electron chi connectivity index (χ3n) is 5.81. The Labute approximate surface area is 196 Å². The third kappa shape index (κ3) is 6.73. The van der Waals surface area contributed by atoms with Crippen molar-refractivity contribution in [1.82, 2.24) is 15.5 Å². The molecule has 30 heavy (non-hydrogen) atoms. The van der Waals surface area contributed by atoms with Gasteiger partial charge in [-0.05, 0) is 43.9 Å². The average molecular weight is 530 g/mol.